The molecule has 0 spiro atoms. The van der Waals surface area contributed by atoms with Crippen molar-refractivity contribution in [3.05, 3.63) is 96.2 Å². The molecule has 0 bridgehead atoms. The summed E-state index contributed by atoms with van der Waals surface area (Å²) in [6, 6.07) is 9.50. The molecule has 160 valence electrons. The van der Waals surface area contributed by atoms with E-state index in [9.17, 15) is 22.0 Å². The highest BCUT2D eigenvalue weighted by molar-refractivity contribution is 7.81. The van der Waals surface area contributed by atoms with Crippen LogP contribution in [0.2, 0.25) is 0 Å². The molecule has 2 aromatic rings. The fourth-order valence-electron chi connectivity index (χ4n) is 2.88. The van der Waals surface area contributed by atoms with E-state index in [1.54, 1.807) is 12.2 Å². The first-order chi connectivity index (χ1) is 14.7. The molecule has 1 aliphatic rings. The van der Waals surface area contributed by atoms with Gasteiger partial charge in [0.05, 0.1) is 6.54 Å². The zero-order chi connectivity index (χ0) is 22.6. The molecule has 31 heavy (non-hydrogen) atoms. The van der Waals surface area contributed by atoms with Gasteiger partial charge >= 0.3 is 6.18 Å². The van der Waals surface area contributed by atoms with E-state index in [1.165, 1.54) is 48.6 Å². The molecule has 9 heteroatoms. The van der Waals surface area contributed by atoms with Crippen LogP contribution in [-0.4, -0.2) is 23.5 Å². The molecule has 3 rings (SSSR count). The van der Waals surface area contributed by atoms with Crippen molar-refractivity contribution in [2.75, 3.05) is 16.8 Å². The van der Waals surface area contributed by atoms with Gasteiger partial charge in [-0.1, -0.05) is 43.1 Å². The maximum atomic E-state index is 13.9. The Morgan fingerprint density at radius 2 is 1.81 bits per heavy atom. The predicted octanol–water partition coefficient (Wildman–Crippen LogP) is 6.16. The Kier molecular flexibility index (Phi) is 6.65. The summed E-state index contributed by atoms with van der Waals surface area (Å²) in [6.45, 7) is 3.40. The highest BCUT2D eigenvalue weighted by Gasteiger charge is 2.44. The molecule has 0 saturated heterocycles. The van der Waals surface area contributed by atoms with Crippen molar-refractivity contribution in [1.82, 2.24) is 0 Å². The second-order valence-electron chi connectivity index (χ2n) is 6.35. The summed E-state index contributed by atoms with van der Waals surface area (Å²) in [5, 5.41) is 2.76. The SMILES string of the molecule is C=C/C=C\C=C1/CN=C(C(F)(F)F)N1c1ccc(NC(=S)c2cccc(F)c2F)cc1. The lowest BCUT2D eigenvalue weighted by Gasteiger charge is -2.24. The van der Waals surface area contributed by atoms with E-state index < -0.39 is 23.6 Å². The molecular formula is C22H16F5N3S. The Morgan fingerprint density at radius 1 is 1.10 bits per heavy atom. The van der Waals surface area contributed by atoms with E-state index in [-0.39, 0.29) is 22.8 Å². The van der Waals surface area contributed by atoms with Crippen LogP contribution in [0.25, 0.3) is 0 Å². The Morgan fingerprint density at radius 3 is 2.45 bits per heavy atom. The van der Waals surface area contributed by atoms with Crippen molar-refractivity contribution in [2.24, 2.45) is 4.99 Å². The smallest absolute Gasteiger partial charge is 0.346 e. The van der Waals surface area contributed by atoms with Crippen molar-refractivity contribution >= 4 is 34.4 Å². The van der Waals surface area contributed by atoms with Gasteiger partial charge in [-0.2, -0.15) is 13.2 Å². The van der Waals surface area contributed by atoms with Crippen LogP contribution in [0.3, 0.4) is 0 Å². The van der Waals surface area contributed by atoms with Gasteiger partial charge in [0.2, 0.25) is 5.84 Å². The van der Waals surface area contributed by atoms with E-state index >= 15 is 0 Å². The van der Waals surface area contributed by atoms with Crippen LogP contribution in [0.1, 0.15) is 5.56 Å². The summed E-state index contributed by atoms with van der Waals surface area (Å²) in [6.07, 6.45) is 1.57. The van der Waals surface area contributed by atoms with Crippen LogP contribution in [0.5, 0.6) is 0 Å². The van der Waals surface area contributed by atoms with Crippen molar-refractivity contribution in [1.29, 1.82) is 0 Å². The highest BCUT2D eigenvalue weighted by atomic mass is 32.1. The minimum atomic E-state index is -4.63. The summed E-state index contributed by atoms with van der Waals surface area (Å²) in [5.41, 5.74) is 0.854. The summed E-state index contributed by atoms with van der Waals surface area (Å²) in [4.78, 5) is 4.59. The molecule has 1 heterocycles. The molecule has 0 aliphatic carbocycles. The lowest BCUT2D eigenvalue weighted by Crippen LogP contribution is -2.37. The number of hydrogen-bond acceptors (Lipinski definition) is 3. The topological polar surface area (TPSA) is 27.6 Å². The number of thiocarbonyl (C=S) groups is 1. The third kappa shape index (κ3) is 5.05. The zero-order valence-electron chi connectivity index (χ0n) is 16.0. The summed E-state index contributed by atoms with van der Waals surface area (Å²) < 4.78 is 67.6. The maximum absolute atomic E-state index is 13.9. The van der Waals surface area contributed by atoms with Crippen molar-refractivity contribution in [3.63, 3.8) is 0 Å². The number of aliphatic imine (C=N–C) groups is 1. The first-order valence-corrected chi connectivity index (χ1v) is 9.38. The monoisotopic (exact) mass is 449 g/mol. The van der Waals surface area contributed by atoms with E-state index in [0.29, 0.717) is 11.4 Å². The van der Waals surface area contributed by atoms with Crippen molar-refractivity contribution < 1.29 is 22.0 Å². The lowest BCUT2D eigenvalue weighted by molar-refractivity contribution is -0.0595. The van der Waals surface area contributed by atoms with Crippen LogP contribution in [0.15, 0.2) is 84.0 Å². The largest absolute Gasteiger partial charge is 0.449 e. The molecule has 0 fully saturated rings. The number of alkyl halides is 3. The fourth-order valence-corrected chi connectivity index (χ4v) is 3.16. The third-order valence-corrected chi connectivity index (χ3v) is 4.58. The van der Waals surface area contributed by atoms with Gasteiger partial charge in [0.25, 0.3) is 0 Å². The van der Waals surface area contributed by atoms with Gasteiger partial charge in [0.1, 0.15) is 4.99 Å². The highest BCUT2D eigenvalue weighted by Crippen LogP contribution is 2.33. The van der Waals surface area contributed by atoms with Crippen LogP contribution in [0, 0.1) is 11.6 Å². The van der Waals surface area contributed by atoms with Crippen LogP contribution in [-0.2, 0) is 0 Å². The number of allylic oxidation sites excluding steroid dienone is 4. The number of nitrogens with zero attached hydrogens (tertiary/aromatic N) is 2. The molecule has 1 N–H and O–H groups in total. The van der Waals surface area contributed by atoms with Crippen molar-refractivity contribution in [3.8, 4) is 0 Å². The van der Waals surface area contributed by atoms with E-state index in [4.69, 9.17) is 12.2 Å². The number of anilines is 2. The number of halogens is 5. The molecule has 2 aromatic carbocycles. The lowest BCUT2D eigenvalue weighted by atomic mass is 10.2. The van der Waals surface area contributed by atoms with Crippen LogP contribution >= 0.6 is 12.2 Å². The van der Waals surface area contributed by atoms with Gasteiger partial charge < -0.3 is 5.32 Å². The first kappa shape index (κ1) is 22.4. The van der Waals surface area contributed by atoms with Crippen LogP contribution in [0.4, 0.5) is 33.3 Å². The van der Waals surface area contributed by atoms with E-state index in [0.717, 1.165) is 11.0 Å². The van der Waals surface area contributed by atoms with E-state index in [2.05, 4.69) is 16.9 Å². The predicted molar refractivity (Wildman–Crippen MR) is 116 cm³/mol. The van der Waals surface area contributed by atoms with E-state index in [1.807, 2.05) is 0 Å². The normalized spacial score (nSPS) is 15.5. The Hall–Kier alpha value is -3.33. The maximum Gasteiger partial charge on any atom is 0.449 e. The summed E-state index contributed by atoms with van der Waals surface area (Å²) in [7, 11) is 0. The van der Waals surface area contributed by atoms with Gasteiger partial charge in [-0.05, 0) is 42.5 Å². The van der Waals surface area contributed by atoms with Crippen LogP contribution < -0.4 is 10.2 Å². The quantitative estimate of drug-likeness (QED) is 0.337. The molecule has 0 atom stereocenters. The summed E-state index contributed by atoms with van der Waals surface area (Å²) in [5.74, 6) is -3.14. The van der Waals surface area contributed by atoms with Gasteiger partial charge in [-0.25, -0.2) is 8.78 Å². The molecule has 3 nitrogen and oxygen atoms in total. The Balaban J connectivity index is 1.85. The molecule has 0 unspecified atom stereocenters. The molecular weight excluding hydrogens is 433 g/mol. The molecule has 1 aliphatic heterocycles. The molecule has 0 aromatic heterocycles. The van der Waals surface area contributed by atoms with Gasteiger partial charge in [0.15, 0.2) is 11.6 Å². The Labute approximate surface area is 180 Å². The number of nitrogens with one attached hydrogen (secondary N) is 1. The minimum Gasteiger partial charge on any atom is -0.346 e. The fraction of sp³-hybridized carbons (Fsp3) is 0.0909. The average molecular weight is 449 g/mol. The first-order valence-electron chi connectivity index (χ1n) is 8.98. The summed E-state index contributed by atoms with van der Waals surface area (Å²) >= 11 is 5.11. The van der Waals surface area contributed by atoms with Gasteiger partial charge in [-0.15, -0.1) is 0 Å². The minimum absolute atomic E-state index is 0.0568. The molecule has 0 radical (unpaired) electrons. The number of rotatable bonds is 5. The number of benzene rings is 2. The third-order valence-electron chi connectivity index (χ3n) is 4.26. The average Bonchev–Trinajstić information content (AvgIpc) is 3.15. The second-order valence-corrected chi connectivity index (χ2v) is 6.76. The number of hydrogen-bond donors (Lipinski definition) is 1. The standard InChI is InChI=1S/C22H16F5N3S/c1-2-3-4-6-16-13-28-21(22(25,26)27)30(16)15-11-9-14(10-12-15)29-20(31)17-7-5-8-18(23)19(17)24/h2-12H,1,13H2,(H,29,31)/b4-3-,16-6+. The zero-order valence-corrected chi connectivity index (χ0v) is 16.8. The Bertz CT molecular complexity index is 1090. The van der Waals surface area contributed by atoms with Gasteiger partial charge in [-0.3, -0.25) is 9.89 Å². The van der Waals surface area contributed by atoms with Gasteiger partial charge in [0, 0.05) is 22.6 Å². The molecule has 0 amide bonds. The van der Waals surface area contributed by atoms with Crippen molar-refractivity contribution in [2.45, 2.75) is 6.18 Å². The second kappa shape index (κ2) is 9.22. The molecule has 0 saturated carbocycles. The number of amidine groups is 1.